The minimum absolute atomic E-state index is 0.326. The average Bonchev–Trinajstić information content (AvgIpc) is 2.94. The number of rotatable bonds is 27. The van der Waals surface area contributed by atoms with Crippen molar-refractivity contribution in [2.24, 2.45) is 5.92 Å². The minimum Gasteiger partial charge on any atom is -0.373 e. The summed E-state index contributed by atoms with van der Waals surface area (Å²) >= 11 is 1.47. The zero-order valence-electron chi connectivity index (χ0n) is 26.9. The molecule has 0 amide bonds. The smallest absolute Gasteiger partial charge is 0.373 e. The maximum atomic E-state index is 12.2. The van der Waals surface area contributed by atoms with Crippen molar-refractivity contribution in [3.63, 3.8) is 0 Å². The van der Waals surface area contributed by atoms with Gasteiger partial charge in [0, 0.05) is 38.0 Å². The third-order valence-corrected chi connectivity index (χ3v) is 12.0. The predicted molar refractivity (Wildman–Crippen MR) is 176 cm³/mol. The fourth-order valence-electron chi connectivity index (χ4n) is 5.56. The molecule has 0 aromatic carbocycles. The Labute approximate surface area is 254 Å². The van der Waals surface area contributed by atoms with Crippen LogP contribution in [0.1, 0.15) is 168 Å². The summed E-state index contributed by atoms with van der Waals surface area (Å²) < 4.78 is 18.5. The molecule has 1 heterocycles. The molecule has 0 radical (unpaired) electrons. The second kappa shape index (κ2) is 27.9. The second-order valence-electron chi connectivity index (χ2n) is 11.9. The fraction of sp³-hybridized carbons (Fsp3) is 0.970. The van der Waals surface area contributed by atoms with E-state index in [2.05, 4.69) is 19.3 Å². The first kappa shape index (κ1) is 38.1. The number of hydrogen-bond acceptors (Lipinski definition) is 6. The maximum absolute atomic E-state index is 12.2. The van der Waals surface area contributed by atoms with Gasteiger partial charge in [-0.3, -0.25) is 9.32 Å². The average molecular weight is 602 g/mol. The summed E-state index contributed by atoms with van der Waals surface area (Å²) in [6.45, 7) is 8.73. The summed E-state index contributed by atoms with van der Waals surface area (Å²) in [6, 6.07) is 0.772. The monoisotopic (exact) mass is 601 g/mol. The van der Waals surface area contributed by atoms with Gasteiger partial charge in [-0.05, 0) is 38.5 Å². The van der Waals surface area contributed by atoms with E-state index in [9.17, 15) is 4.79 Å². The molecule has 238 valence electrons. The Morgan fingerprint density at radius 2 is 1.32 bits per heavy atom. The first-order chi connectivity index (χ1) is 19.7. The van der Waals surface area contributed by atoms with Gasteiger partial charge < -0.3 is 8.85 Å². The van der Waals surface area contributed by atoms with E-state index in [0.717, 1.165) is 44.2 Å². The van der Waals surface area contributed by atoms with Gasteiger partial charge >= 0.3 is 8.80 Å². The molecule has 0 bridgehead atoms. The lowest BCUT2D eigenvalue weighted by Gasteiger charge is -2.33. The topological polar surface area (TPSA) is 56.8 Å². The van der Waals surface area contributed by atoms with Crippen LogP contribution >= 0.6 is 11.8 Å². The molecule has 0 aromatic heterocycles. The molecule has 1 aliphatic rings. The van der Waals surface area contributed by atoms with Crippen LogP contribution in [0.3, 0.4) is 0 Å². The molecule has 0 spiro atoms. The molecule has 7 heteroatoms. The van der Waals surface area contributed by atoms with Crippen LogP contribution < -0.4 is 5.48 Å². The molecular formula is C33H67NO4SSi. The van der Waals surface area contributed by atoms with Crippen LogP contribution in [0.2, 0.25) is 6.04 Å². The Morgan fingerprint density at radius 1 is 0.775 bits per heavy atom. The highest BCUT2D eigenvalue weighted by atomic mass is 32.2. The molecule has 0 aromatic rings. The molecule has 1 aliphatic heterocycles. The Bertz CT molecular complexity index is 559. The number of nitrogens with one attached hydrogen (secondary N) is 1. The number of unbranched alkanes of at least 4 members (excludes halogenated alkanes) is 17. The van der Waals surface area contributed by atoms with Crippen LogP contribution in [0.4, 0.5) is 0 Å². The predicted octanol–water partition coefficient (Wildman–Crippen LogP) is 10.4. The van der Waals surface area contributed by atoms with Crippen molar-refractivity contribution in [2.45, 2.75) is 174 Å². The molecule has 1 fully saturated rings. The van der Waals surface area contributed by atoms with Gasteiger partial charge in [0.05, 0.1) is 0 Å². The molecule has 2 unspecified atom stereocenters. The van der Waals surface area contributed by atoms with Crippen molar-refractivity contribution in [1.29, 1.82) is 0 Å². The van der Waals surface area contributed by atoms with Crippen LogP contribution in [0.5, 0.6) is 0 Å². The lowest BCUT2D eigenvalue weighted by molar-refractivity contribution is -0.111. The van der Waals surface area contributed by atoms with Crippen molar-refractivity contribution in [3.8, 4) is 0 Å². The third-order valence-electron chi connectivity index (χ3n) is 8.15. The molecule has 1 saturated heterocycles. The van der Waals surface area contributed by atoms with E-state index >= 15 is 0 Å². The Morgan fingerprint density at radius 3 is 1.90 bits per heavy atom. The first-order valence-electron chi connectivity index (χ1n) is 17.5. The molecule has 2 atom stereocenters. The van der Waals surface area contributed by atoms with Crippen molar-refractivity contribution in [2.75, 3.05) is 25.5 Å². The summed E-state index contributed by atoms with van der Waals surface area (Å²) in [6.07, 6.45) is 29.6. The van der Waals surface area contributed by atoms with Gasteiger partial charge in [-0.2, -0.15) is 0 Å². The zero-order chi connectivity index (χ0) is 29.0. The SMILES string of the molecule is CCCCCCCCCCCCCCCCC1CCO[Si](CCCSC(=O)CCCCCCC)(OCC)ONC1. The molecule has 0 saturated carbocycles. The molecular weight excluding hydrogens is 535 g/mol. The second-order valence-corrected chi connectivity index (χ2v) is 15.7. The number of hydroxylamine groups is 1. The van der Waals surface area contributed by atoms with Crippen LogP contribution in [0, 0.1) is 5.92 Å². The van der Waals surface area contributed by atoms with Crippen molar-refractivity contribution in [1.82, 2.24) is 5.48 Å². The van der Waals surface area contributed by atoms with E-state index in [1.165, 1.54) is 134 Å². The quantitative estimate of drug-likeness (QED) is 0.0746. The van der Waals surface area contributed by atoms with Gasteiger partial charge in [0.2, 0.25) is 0 Å². The summed E-state index contributed by atoms with van der Waals surface area (Å²) in [5.41, 5.74) is 3.24. The highest BCUT2D eigenvalue weighted by molar-refractivity contribution is 8.13. The summed E-state index contributed by atoms with van der Waals surface area (Å²) in [5.74, 6) is 1.43. The van der Waals surface area contributed by atoms with E-state index in [0.29, 0.717) is 24.1 Å². The van der Waals surface area contributed by atoms with E-state index in [4.69, 9.17) is 13.4 Å². The highest BCUT2D eigenvalue weighted by Crippen LogP contribution is 2.24. The normalized spacial score (nSPS) is 19.9. The number of thioether (sulfide) groups is 1. The van der Waals surface area contributed by atoms with E-state index in [1.54, 1.807) is 0 Å². The summed E-state index contributed by atoms with van der Waals surface area (Å²) in [7, 11) is -2.72. The van der Waals surface area contributed by atoms with Gasteiger partial charge in [0.15, 0.2) is 5.12 Å². The van der Waals surface area contributed by atoms with Gasteiger partial charge in [0.25, 0.3) is 0 Å². The number of hydrogen-bond donors (Lipinski definition) is 1. The Kier molecular flexibility index (Phi) is 26.6. The van der Waals surface area contributed by atoms with E-state index in [-0.39, 0.29) is 0 Å². The number of carbonyl (C=O) groups excluding carboxylic acids is 1. The molecule has 1 rings (SSSR count). The van der Waals surface area contributed by atoms with Crippen molar-refractivity contribution in [3.05, 3.63) is 0 Å². The van der Waals surface area contributed by atoms with Gasteiger partial charge in [0.1, 0.15) is 0 Å². The Hall–Kier alpha value is 0.0769. The Balaban J connectivity index is 2.07. The lowest BCUT2D eigenvalue weighted by atomic mass is 9.97. The van der Waals surface area contributed by atoms with Gasteiger partial charge in [-0.1, -0.05) is 141 Å². The van der Waals surface area contributed by atoms with E-state index < -0.39 is 8.80 Å². The van der Waals surface area contributed by atoms with Crippen LogP contribution in [-0.2, 0) is 18.2 Å². The fourth-order valence-corrected chi connectivity index (χ4v) is 9.00. The minimum atomic E-state index is -2.72. The number of carbonyl (C=O) groups is 1. The standard InChI is InChI=1S/C33H67NO4SSi/c1-4-7-9-11-12-13-14-15-16-17-18-19-21-22-25-32-27-28-37-40(36-6-3,38-34-31-32)30-24-29-39-33(35)26-23-20-10-8-5-2/h32,34H,4-31H2,1-3H3. The molecule has 5 nitrogen and oxygen atoms in total. The van der Waals surface area contributed by atoms with Gasteiger partial charge in [-0.25, -0.2) is 5.48 Å². The third kappa shape index (κ3) is 21.7. The molecule has 1 N–H and O–H groups in total. The molecule has 0 aliphatic carbocycles. The van der Waals surface area contributed by atoms with E-state index in [1.807, 2.05) is 6.92 Å². The zero-order valence-corrected chi connectivity index (χ0v) is 28.7. The maximum Gasteiger partial charge on any atom is 0.517 e. The van der Waals surface area contributed by atoms with Crippen LogP contribution in [0.25, 0.3) is 0 Å². The lowest BCUT2D eigenvalue weighted by Crippen LogP contribution is -2.52. The summed E-state index contributed by atoms with van der Waals surface area (Å²) in [4.78, 5) is 12.2. The van der Waals surface area contributed by atoms with Crippen molar-refractivity contribution >= 4 is 25.7 Å². The first-order valence-corrected chi connectivity index (χ1v) is 20.4. The van der Waals surface area contributed by atoms with Crippen molar-refractivity contribution < 1.29 is 18.2 Å². The largest absolute Gasteiger partial charge is 0.517 e. The molecule has 40 heavy (non-hydrogen) atoms. The summed E-state index contributed by atoms with van der Waals surface area (Å²) in [5, 5.41) is 0.326. The van der Waals surface area contributed by atoms with Crippen LogP contribution in [0.15, 0.2) is 0 Å². The van der Waals surface area contributed by atoms with Crippen LogP contribution in [-0.4, -0.2) is 39.4 Å². The van der Waals surface area contributed by atoms with Gasteiger partial charge in [-0.15, -0.1) is 0 Å². The highest BCUT2D eigenvalue weighted by Gasteiger charge is 2.42.